The summed E-state index contributed by atoms with van der Waals surface area (Å²) in [5.74, 6) is -0.559. The van der Waals surface area contributed by atoms with Crippen LogP contribution in [0, 0.1) is 21.4 Å². The van der Waals surface area contributed by atoms with Gasteiger partial charge in [-0.25, -0.2) is 8.42 Å². The van der Waals surface area contributed by atoms with E-state index in [1.165, 1.54) is 18.2 Å². The van der Waals surface area contributed by atoms with E-state index in [-0.39, 0.29) is 11.3 Å². The van der Waals surface area contributed by atoms with Crippen LogP contribution >= 0.6 is 15.9 Å². The number of nitro benzene ring substituents is 1. The number of aromatic hydroxyl groups is 1. The Kier molecular flexibility index (Phi) is 5.41. The van der Waals surface area contributed by atoms with E-state index >= 15 is 0 Å². The van der Waals surface area contributed by atoms with E-state index in [2.05, 4.69) is 20.7 Å². The number of anilines is 1. The number of sulfonamides is 1. The normalized spacial score (nSPS) is 11.6. The summed E-state index contributed by atoms with van der Waals surface area (Å²) in [4.78, 5) is 9.38. The Morgan fingerprint density at radius 1 is 1.28 bits per heavy atom. The van der Waals surface area contributed by atoms with Crippen LogP contribution < -0.4 is 4.72 Å². The van der Waals surface area contributed by atoms with Gasteiger partial charge in [0.05, 0.1) is 4.92 Å². The summed E-state index contributed by atoms with van der Waals surface area (Å²) in [6, 6.07) is 11.1. The maximum atomic E-state index is 12.3. The van der Waals surface area contributed by atoms with E-state index in [1.54, 1.807) is 18.2 Å². The average molecular weight is 424 g/mol. The van der Waals surface area contributed by atoms with Crippen molar-refractivity contribution in [1.29, 1.82) is 5.26 Å². The first kappa shape index (κ1) is 18.4. The second kappa shape index (κ2) is 7.33. The van der Waals surface area contributed by atoms with E-state index in [9.17, 15) is 23.6 Å². The molecule has 0 fully saturated rings. The van der Waals surface area contributed by atoms with Crippen molar-refractivity contribution in [1.82, 2.24) is 0 Å². The van der Waals surface area contributed by atoms with Crippen LogP contribution in [0.2, 0.25) is 0 Å². The van der Waals surface area contributed by atoms with Gasteiger partial charge in [-0.1, -0.05) is 22.0 Å². The number of nitrogens with one attached hydrogen (secondary N) is 1. The zero-order valence-corrected chi connectivity index (χ0v) is 14.8. The van der Waals surface area contributed by atoms with Crippen LogP contribution in [0.3, 0.4) is 0 Å². The minimum absolute atomic E-state index is 0.0854. The lowest BCUT2D eigenvalue weighted by Gasteiger charge is -2.07. The number of allylic oxidation sites excluding steroid dienone is 1. The SMILES string of the molecule is N#CC(=Cc1ccc(O)c([N+](=O)[O-])c1)S(=O)(=O)Nc1ccc(Br)cc1. The molecule has 2 aromatic carbocycles. The summed E-state index contributed by atoms with van der Waals surface area (Å²) < 4.78 is 27.6. The van der Waals surface area contributed by atoms with E-state index < -0.39 is 31.3 Å². The van der Waals surface area contributed by atoms with Gasteiger partial charge in [-0.05, 0) is 42.0 Å². The van der Waals surface area contributed by atoms with E-state index in [4.69, 9.17) is 5.26 Å². The first-order valence-electron chi connectivity index (χ1n) is 6.60. The molecule has 0 aromatic heterocycles. The summed E-state index contributed by atoms with van der Waals surface area (Å²) in [7, 11) is -4.18. The third-order valence-corrected chi connectivity index (χ3v) is 4.81. The van der Waals surface area contributed by atoms with Crippen molar-refractivity contribution in [3.8, 4) is 11.8 Å². The number of nitrogens with zero attached hydrogens (tertiary/aromatic N) is 2. The summed E-state index contributed by atoms with van der Waals surface area (Å²) in [5.41, 5.74) is -0.257. The molecule has 0 heterocycles. The van der Waals surface area contributed by atoms with Crippen molar-refractivity contribution in [3.63, 3.8) is 0 Å². The maximum Gasteiger partial charge on any atom is 0.311 e. The maximum absolute atomic E-state index is 12.3. The molecule has 0 unspecified atom stereocenters. The number of benzene rings is 2. The van der Waals surface area contributed by atoms with E-state index in [1.807, 2.05) is 0 Å². The minimum Gasteiger partial charge on any atom is -0.502 e. The molecule has 2 aromatic rings. The molecule has 0 aliphatic carbocycles. The van der Waals surface area contributed by atoms with Crippen LogP contribution in [-0.4, -0.2) is 18.4 Å². The fourth-order valence-corrected chi connectivity index (χ4v) is 3.06. The molecular formula is C15H10BrN3O5S. The van der Waals surface area contributed by atoms with Crippen LogP contribution in [0.1, 0.15) is 5.56 Å². The third-order valence-electron chi connectivity index (χ3n) is 2.99. The summed E-state index contributed by atoms with van der Waals surface area (Å²) in [5, 5.41) is 29.4. The number of hydrogen-bond acceptors (Lipinski definition) is 6. The number of rotatable bonds is 5. The highest BCUT2D eigenvalue weighted by atomic mass is 79.9. The molecule has 0 amide bonds. The van der Waals surface area contributed by atoms with Crippen LogP contribution in [0.5, 0.6) is 5.75 Å². The Hall–Kier alpha value is -2.90. The first-order chi connectivity index (χ1) is 11.7. The number of phenolic OH excluding ortho intramolecular Hbond substituents is 1. The van der Waals surface area contributed by atoms with E-state index in [0.29, 0.717) is 0 Å². The van der Waals surface area contributed by atoms with Gasteiger partial charge in [0.15, 0.2) is 10.7 Å². The fourth-order valence-electron chi connectivity index (χ4n) is 1.83. The van der Waals surface area contributed by atoms with Crippen LogP contribution in [-0.2, 0) is 10.0 Å². The second-order valence-corrected chi connectivity index (χ2v) is 7.30. The molecule has 0 spiro atoms. The number of hydrogen-bond donors (Lipinski definition) is 2. The van der Waals surface area contributed by atoms with Gasteiger partial charge < -0.3 is 5.11 Å². The zero-order chi connectivity index (χ0) is 18.6. The molecule has 8 nitrogen and oxygen atoms in total. The topological polar surface area (TPSA) is 133 Å². The summed E-state index contributed by atoms with van der Waals surface area (Å²) in [6.07, 6.45) is 0.980. The third kappa shape index (κ3) is 4.56. The molecule has 0 radical (unpaired) electrons. The molecule has 10 heteroatoms. The second-order valence-electron chi connectivity index (χ2n) is 4.74. The lowest BCUT2D eigenvalue weighted by molar-refractivity contribution is -0.385. The van der Waals surface area contributed by atoms with Gasteiger partial charge in [-0.3, -0.25) is 14.8 Å². The molecule has 0 atom stereocenters. The van der Waals surface area contributed by atoms with Crippen LogP contribution in [0.4, 0.5) is 11.4 Å². The van der Waals surface area contributed by atoms with Gasteiger partial charge in [0.1, 0.15) is 6.07 Å². The fraction of sp³-hybridized carbons (Fsp3) is 0. The van der Waals surface area contributed by atoms with Crippen LogP contribution in [0.25, 0.3) is 6.08 Å². The number of halogens is 1. The Bertz CT molecular complexity index is 995. The Morgan fingerprint density at radius 3 is 2.48 bits per heavy atom. The van der Waals surface area contributed by atoms with Gasteiger partial charge in [0.2, 0.25) is 0 Å². The van der Waals surface area contributed by atoms with Gasteiger partial charge in [0, 0.05) is 16.2 Å². The summed E-state index contributed by atoms with van der Waals surface area (Å²) >= 11 is 3.22. The number of nitriles is 1. The van der Waals surface area contributed by atoms with Crippen LogP contribution in [0.15, 0.2) is 51.8 Å². The largest absolute Gasteiger partial charge is 0.502 e. The highest BCUT2D eigenvalue weighted by Crippen LogP contribution is 2.28. The van der Waals surface area contributed by atoms with Crippen molar-refractivity contribution in [3.05, 3.63) is 67.5 Å². The monoisotopic (exact) mass is 423 g/mol. The van der Waals surface area contributed by atoms with Crippen molar-refractivity contribution in [2.75, 3.05) is 4.72 Å². The average Bonchev–Trinajstić information content (AvgIpc) is 2.55. The Labute approximate surface area is 151 Å². The number of phenols is 1. The standard InChI is InChI=1S/C15H10BrN3O5S/c16-11-2-4-12(5-3-11)18-25(23,24)13(9-17)7-10-1-6-15(20)14(8-10)19(21)22/h1-8,18,20H. The number of nitro groups is 1. The first-order valence-corrected chi connectivity index (χ1v) is 8.88. The van der Waals surface area contributed by atoms with Crippen molar-refractivity contribution in [2.45, 2.75) is 0 Å². The molecule has 128 valence electrons. The van der Waals surface area contributed by atoms with Gasteiger partial charge in [-0.2, -0.15) is 5.26 Å². The molecule has 0 saturated carbocycles. The van der Waals surface area contributed by atoms with Gasteiger partial charge in [-0.15, -0.1) is 0 Å². The molecule has 0 saturated heterocycles. The highest BCUT2D eigenvalue weighted by molar-refractivity contribution is 9.10. The van der Waals surface area contributed by atoms with Gasteiger partial charge in [0.25, 0.3) is 10.0 Å². The summed E-state index contributed by atoms with van der Waals surface area (Å²) in [6.45, 7) is 0. The van der Waals surface area contributed by atoms with Crippen molar-refractivity contribution < 1.29 is 18.4 Å². The lowest BCUT2D eigenvalue weighted by atomic mass is 10.2. The van der Waals surface area contributed by atoms with Gasteiger partial charge >= 0.3 is 5.69 Å². The molecule has 0 aliphatic rings. The van der Waals surface area contributed by atoms with Crippen molar-refractivity contribution >= 4 is 43.4 Å². The molecule has 2 N–H and O–H groups in total. The van der Waals surface area contributed by atoms with Crippen molar-refractivity contribution in [2.24, 2.45) is 0 Å². The smallest absolute Gasteiger partial charge is 0.311 e. The predicted molar refractivity (Wildman–Crippen MR) is 95.0 cm³/mol. The molecule has 0 bridgehead atoms. The Morgan fingerprint density at radius 2 is 1.92 bits per heavy atom. The molecular weight excluding hydrogens is 414 g/mol. The molecule has 2 rings (SSSR count). The Balaban J connectivity index is 2.39. The lowest BCUT2D eigenvalue weighted by Crippen LogP contribution is -2.14. The predicted octanol–water partition coefficient (Wildman–Crippen LogP) is 3.37. The van der Waals surface area contributed by atoms with E-state index in [0.717, 1.165) is 22.7 Å². The quantitative estimate of drug-likeness (QED) is 0.430. The molecule has 0 aliphatic heterocycles. The molecule has 25 heavy (non-hydrogen) atoms. The minimum atomic E-state index is -4.18. The highest BCUT2D eigenvalue weighted by Gasteiger charge is 2.19. The zero-order valence-electron chi connectivity index (χ0n) is 12.4.